The molecule has 0 N–H and O–H groups in total. The first kappa shape index (κ1) is 14.0. The topological polar surface area (TPSA) is 0 Å². The van der Waals surface area contributed by atoms with E-state index in [-0.39, 0.29) is 0 Å². The van der Waals surface area contributed by atoms with Gasteiger partial charge in [-0.1, -0.05) is 67.2 Å². The van der Waals surface area contributed by atoms with Gasteiger partial charge >= 0.3 is 0 Å². The number of hydrogen-bond acceptors (Lipinski definition) is 0. The quantitative estimate of drug-likeness (QED) is 0.534. The van der Waals surface area contributed by atoms with E-state index >= 15 is 0 Å². The maximum absolute atomic E-state index is 2.35. The molecule has 0 aromatic carbocycles. The molecule has 0 rings (SSSR count). The molecule has 0 bridgehead atoms. The van der Waals surface area contributed by atoms with E-state index in [4.69, 9.17) is 0 Å². The fraction of sp³-hybridized carbons (Fsp3) is 1.00. The van der Waals surface area contributed by atoms with Crippen molar-refractivity contribution in [2.75, 3.05) is 0 Å². The van der Waals surface area contributed by atoms with Crippen molar-refractivity contribution in [2.45, 2.75) is 80.1 Å². The van der Waals surface area contributed by atoms with E-state index in [0.29, 0.717) is 10.8 Å². The summed E-state index contributed by atoms with van der Waals surface area (Å²) >= 11 is 0. The highest BCUT2D eigenvalue weighted by atomic mass is 14.3. The average Bonchev–Trinajstić information content (AvgIpc) is 2.11. The fourth-order valence-electron chi connectivity index (χ4n) is 2.27. The van der Waals surface area contributed by atoms with Crippen LogP contribution in [0.4, 0.5) is 0 Å². The Hall–Kier alpha value is 0. The minimum atomic E-state index is 0.515. The van der Waals surface area contributed by atoms with Gasteiger partial charge in [-0.05, 0) is 23.7 Å². The van der Waals surface area contributed by atoms with E-state index < -0.39 is 0 Å². The molecule has 0 aromatic heterocycles. The Bertz CT molecular complexity index is 126. The summed E-state index contributed by atoms with van der Waals surface area (Å²) in [5.74, 6) is 0. The van der Waals surface area contributed by atoms with E-state index in [9.17, 15) is 0 Å². The maximum Gasteiger partial charge on any atom is -0.0305 e. The maximum atomic E-state index is 2.35. The van der Waals surface area contributed by atoms with Crippen LogP contribution >= 0.6 is 0 Å². The van der Waals surface area contributed by atoms with Crippen LogP contribution in [-0.4, -0.2) is 0 Å². The Morgan fingerprint density at radius 3 is 1.43 bits per heavy atom. The molecule has 0 heterocycles. The number of hydrogen-bond donors (Lipinski definition) is 0. The van der Waals surface area contributed by atoms with Crippen molar-refractivity contribution in [1.29, 1.82) is 0 Å². The zero-order chi connectivity index (χ0) is 11.2. The van der Waals surface area contributed by atoms with Gasteiger partial charge in [0.2, 0.25) is 0 Å². The minimum Gasteiger partial charge on any atom is -0.0649 e. The Kier molecular flexibility index (Phi) is 5.78. The molecule has 0 saturated carbocycles. The smallest absolute Gasteiger partial charge is 0.0305 e. The molecule has 0 aromatic rings. The molecule has 0 fully saturated rings. The lowest BCUT2D eigenvalue weighted by Gasteiger charge is -2.31. The molecule has 0 amide bonds. The summed E-state index contributed by atoms with van der Waals surface area (Å²) in [6, 6.07) is 0. The van der Waals surface area contributed by atoms with Crippen LogP contribution in [0.5, 0.6) is 0 Å². The monoisotopic (exact) mass is 198 g/mol. The van der Waals surface area contributed by atoms with Crippen LogP contribution in [0.3, 0.4) is 0 Å². The second-order valence-electron chi connectivity index (χ2n) is 5.97. The van der Waals surface area contributed by atoms with Gasteiger partial charge in [-0.25, -0.2) is 0 Å². The summed E-state index contributed by atoms with van der Waals surface area (Å²) in [5.41, 5.74) is 1.16. The van der Waals surface area contributed by atoms with Crippen LogP contribution in [0.2, 0.25) is 0 Å². The summed E-state index contributed by atoms with van der Waals surface area (Å²) in [5, 5.41) is 0. The van der Waals surface area contributed by atoms with E-state index in [1.165, 1.54) is 38.5 Å². The average molecular weight is 198 g/mol. The van der Waals surface area contributed by atoms with Crippen LogP contribution in [0.1, 0.15) is 80.1 Å². The van der Waals surface area contributed by atoms with E-state index in [0.717, 1.165) is 0 Å². The van der Waals surface area contributed by atoms with Gasteiger partial charge in [0, 0.05) is 0 Å². The first-order chi connectivity index (χ1) is 6.39. The van der Waals surface area contributed by atoms with Crippen molar-refractivity contribution in [3.63, 3.8) is 0 Å². The van der Waals surface area contributed by atoms with E-state index in [2.05, 4.69) is 41.5 Å². The third kappa shape index (κ3) is 5.02. The molecular weight excluding hydrogens is 168 g/mol. The molecule has 0 heteroatoms. The lowest BCUT2D eigenvalue weighted by atomic mass is 9.74. The summed E-state index contributed by atoms with van der Waals surface area (Å²) in [7, 11) is 0. The Labute approximate surface area is 91.5 Å². The van der Waals surface area contributed by atoms with Crippen molar-refractivity contribution in [3.05, 3.63) is 0 Å². The van der Waals surface area contributed by atoms with Gasteiger partial charge in [0.1, 0.15) is 0 Å². The molecule has 0 aliphatic rings. The van der Waals surface area contributed by atoms with Crippen molar-refractivity contribution in [3.8, 4) is 0 Å². The molecular formula is C14H30. The second kappa shape index (κ2) is 5.78. The van der Waals surface area contributed by atoms with Gasteiger partial charge in [-0.3, -0.25) is 0 Å². The second-order valence-corrected chi connectivity index (χ2v) is 5.97. The predicted octanol–water partition coefficient (Wildman–Crippen LogP) is 5.42. The first-order valence-electron chi connectivity index (χ1n) is 6.39. The zero-order valence-electron chi connectivity index (χ0n) is 11.2. The van der Waals surface area contributed by atoms with Crippen LogP contribution in [0.15, 0.2) is 0 Å². The highest BCUT2D eigenvalue weighted by Gasteiger charge is 2.23. The fourth-order valence-corrected chi connectivity index (χ4v) is 2.27. The van der Waals surface area contributed by atoms with Crippen molar-refractivity contribution in [1.82, 2.24) is 0 Å². The first-order valence-corrected chi connectivity index (χ1v) is 6.39. The minimum absolute atomic E-state index is 0.515. The summed E-state index contributed by atoms with van der Waals surface area (Å²) in [6.45, 7) is 14.1. The molecule has 0 nitrogen and oxygen atoms in total. The SMILES string of the molecule is CCC(CC)(CC)CCCC(C)(C)C. The molecule has 0 spiro atoms. The molecule has 86 valence electrons. The molecule has 0 unspecified atom stereocenters. The highest BCUT2D eigenvalue weighted by Crippen LogP contribution is 2.37. The Morgan fingerprint density at radius 2 is 1.14 bits per heavy atom. The summed E-state index contributed by atoms with van der Waals surface area (Å²) < 4.78 is 0. The summed E-state index contributed by atoms with van der Waals surface area (Å²) in [4.78, 5) is 0. The van der Waals surface area contributed by atoms with Gasteiger partial charge in [-0.2, -0.15) is 0 Å². The molecule has 0 aliphatic heterocycles. The van der Waals surface area contributed by atoms with Gasteiger partial charge in [0.05, 0.1) is 0 Å². The standard InChI is InChI=1S/C14H30/c1-7-14(8-2,9-3)12-10-11-13(4,5)6/h7-12H2,1-6H3. The molecule has 14 heavy (non-hydrogen) atoms. The van der Waals surface area contributed by atoms with E-state index in [1.807, 2.05) is 0 Å². The molecule has 0 aliphatic carbocycles. The van der Waals surface area contributed by atoms with Crippen LogP contribution < -0.4 is 0 Å². The molecule has 0 atom stereocenters. The van der Waals surface area contributed by atoms with Crippen molar-refractivity contribution >= 4 is 0 Å². The van der Waals surface area contributed by atoms with Crippen LogP contribution in [-0.2, 0) is 0 Å². The lowest BCUT2D eigenvalue weighted by molar-refractivity contribution is 0.206. The number of rotatable bonds is 6. The Balaban J connectivity index is 3.95. The van der Waals surface area contributed by atoms with Gasteiger partial charge in [-0.15, -0.1) is 0 Å². The van der Waals surface area contributed by atoms with Crippen molar-refractivity contribution < 1.29 is 0 Å². The van der Waals surface area contributed by atoms with Gasteiger partial charge in [0.15, 0.2) is 0 Å². The van der Waals surface area contributed by atoms with Gasteiger partial charge < -0.3 is 0 Å². The largest absolute Gasteiger partial charge is 0.0649 e. The third-order valence-corrected chi connectivity index (χ3v) is 3.88. The predicted molar refractivity (Wildman–Crippen MR) is 66.6 cm³/mol. The third-order valence-electron chi connectivity index (χ3n) is 3.88. The van der Waals surface area contributed by atoms with Crippen molar-refractivity contribution in [2.24, 2.45) is 10.8 Å². The van der Waals surface area contributed by atoms with Gasteiger partial charge in [0.25, 0.3) is 0 Å². The lowest BCUT2D eigenvalue weighted by Crippen LogP contribution is -2.18. The van der Waals surface area contributed by atoms with E-state index in [1.54, 1.807) is 0 Å². The Morgan fingerprint density at radius 1 is 0.714 bits per heavy atom. The normalized spacial score (nSPS) is 13.3. The zero-order valence-corrected chi connectivity index (χ0v) is 11.2. The summed E-state index contributed by atoms with van der Waals surface area (Å²) in [6.07, 6.45) is 8.25. The van der Waals surface area contributed by atoms with Crippen LogP contribution in [0, 0.1) is 10.8 Å². The molecule has 0 saturated heterocycles. The highest BCUT2D eigenvalue weighted by molar-refractivity contribution is 4.76. The van der Waals surface area contributed by atoms with Crippen LogP contribution in [0.25, 0.3) is 0 Å². The molecule has 0 radical (unpaired) electrons.